The smallest absolute Gasteiger partial charge is 0.303 e. The van der Waals surface area contributed by atoms with Crippen molar-refractivity contribution in [2.24, 2.45) is 5.92 Å². The molecule has 5 nitrogen and oxygen atoms in total. The van der Waals surface area contributed by atoms with Crippen molar-refractivity contribution in [3.8, 4) is 0 Å². The molecule has 6 heteroatoms. The van der Waals surface area contributed by atoms with Gasteiger partial charge in [0.2, 0.25) is 5.91 Å². The zero-order chi connectivity index (χ0) is 15.6. The third-order valence-electron chi connectivity index (χ3n) is 3.63. The molecule has 0 spiro atoms. The van der Waals surface area contributed by atoms with E-state index in [-0.39, 0.29) is 30.2 Å². The normalized spacial score (nSPS) is 16.8. The highest BCUT2D eigenvalue weighted by atomic mass is 19.1. The molecular weight excluding hydrogens is 277 g/mol. The molecule has 2 unspecified atom stereocenters. The predicted molar refractivity (Wildman–Crippen MR) is 74.3 cm³/mol. The minimum absolute atomic E-state index is 0.0698. The fourth-order valence-corrected chi connectivity index (χ4v) is 2.57. The Morgan fingerprint density at radius 3 is 2.81 bits per heavy atom. The van der Waals surface area contributed by atoms with E-state index >= 15 is 0 Å². The lowest BCUT2D eigenvalue weighted by atomic mass is 9.92. The number of hydrogen-bond acceptors (Lipinski definition) is 3. The molecule has 0 aromatic heterocycles. The number of carbonyl (C=O) groups is 2. The summed E-state index contributed by atoms with van der Waals surface area (Å²) in [5.74, 6) is -1.94. The number of amides is 1. The van der Waals surface area contributed by atoms with Gasteiger partial charge in [0.1, 0.15) is 5.82 Å². The third-order valence-corrected chi connectivity index (χ3v) is 3.63. The van der Waals surface area contributed by atoms with Gasteiger partial charge in [-0.2, -0.15) is 0 Å². The molecule has 0 aliphatic carbocycles. The van der Waals surface area contributed by atoms with Crippen LogP contribution in [0.15, 0.2) is 12.1 Å². The van der Waals surface area contributed by atoms with Crippen LogP contribution in [0.3, 0.4) is 0 Å². The van der Waals surface area contributed by atoms with Crippen LogP contribution >= 0.6 is 0 Å². The SMILES string of the molecule is CC(CC(=O)O)CC(O)c1cc2c(cc1F)NC(=O)CC2. The quantitative estimate of drug-likeness (QED) is 0.777. The number of aliphatic carboxylic acids is 1. The van der Waals surface area contributed by atoms with Gasteiger partial charge in [0.15, 0.2) is 0 Å². The molecule has 0 saturated carbocycles. The van der Waals surface area contributed by atoms with Crippen LogP contribution < -0.4 is 5.32 Å². The van der Waals surface area contributed by atoms with E-state index in [9.17, 15) is 19.1 Å². The van der Waals surface area contributed by atoms with E-state index < -0.39 is 17.9 Å². The van der Waals surface area contributed by atoms with E-state index in [1.807, 2.05) is 0 Å². The molecule has 1 aromatic carbocycles. The number of aliphatic hydroxyl groups excluding tert-OH is 1. The fourth-order valence-electron chi connectivity index (χ4n) is 2.57. The van der Waals surface area contributed by atoms with Gasteiger partial charge < -0.3 is 15.5 Å². The molecule has 2 rings (SSSR count). The van der Waals surface area contributed by atoms with Crippen LogP contribution in [0.4, 0.5) is 10.1 Å². The second kappa shape index (κ2) is 6.22. The first-order valence-electron chi connectivity index (χ1n) is 6.89. The number of hydrogen-bond donors (Lipinski definition) is 3. The van der Waals surface area contributed by atoms with Gasteiger partial charge in [-0.3, -0.25) is 9.59 Å². The number of benzene rings is 1. The van der Waals surface area contributed by atoms with E-state index in [0.29, 0.717) is 18.5 Å². The Bertz CT molecular complexity index is 573. The molecule has 3 N–H and O–H groups in total. The number of aliphatic hydroxyl groups is 1. The Hall–Kier alpha value is -1.95. The molecule has 1 amide bonds. The fraction of sp³-hybridized carbons (Fsp3) is 0.467. The van der Waals surface area contributed by atoms with Gasteiger partial charge in [-0.15, -0.1) is 0 Å². The van der Waals surface area contributed by atoms with Crippen LogP contribution in [0.5, 0.6) is 0 Å². The molecule has 0 bridgehead atoms. The molecule has 1 aliphatic rings. The average Bonchev–Trinajstić information content (AvgIpc) is 2.36. The molecular formula is C15H18FNO4. The molecule has 2 atom stereocenters. The summed E-state index contributed by atoms with van der Waals surface area (Å²) >= 11 is 0. The largest absolute Gasteiger partial charge is 0.481 e. The Kier molecular flexibility index (Phi) is 4.57. The number of carboxylic acids is 1. The molecule has 0 saturated heterocycles. The van der Waals surface area contributed by atoms with Crippen molar-refractivity contribution in [1.29, 1.82) is 0 Å². The molecule has 1 heterocycles. The number of anilines is 1. The average molecular weight is 295 g/mol. The number of carbonyl (C=O) groups excluding carboxylic acids is 1. The van der Waals surface area contributed by atoms with E-state index in [4.69, 9.17) is 5.11 Å². The van der Waals surface area contributed by atoms with Crippen LogP contribution in [0.25, 0.3) is 0 Å². The second-order valence-corrected chi connectivity index (χ2v) is 5.53. The van der Waals surface area contributed by atoms with Crippen molar-refractivity contribution < 1.29 is 24.2 Å². The Morgan fingerprint density at radius 1 is 1.43 bits per heavy atom. The number of halogens is 1. The highest BCUT2D eigenvalue weighted by molar-refractivity contribution is 5.93. The minimum Gasteiger partial charge on any atom is -0.481 e. The lowest BCUT2D eigenvalue weighted by Gasteiger charge is -2.21. The van der Waals surface area contributed by atoms with Gasteiger partial charge in [0.25, 0.3) is 0 Å². The van der Waals surface area contributed by atoms with E-state index in [2.05, 4.69) is 5.32 Å². The van der Waals surface area contributed by atoms with Gasteiger partial charge in [0.05, 0.1) is 6.10 Å². The summed E-state index contributed by atoms with van der Waals surface area (Å²) in [6.07, 6.45) is -0.106. The van der Waals surface area contributed by atoms with E-state index in [1.54, 1.807) is 13.0 Å². The Labute approximate surface area is 121 Å². The second-order valence-electron chi connectivity index (χ2n) is 5.53. The zero-order valence-corrected chi connectivity index (χ0v) is 11.7. The van der Waals surface area contributed by atoms with Crippen molar-refractivity contribution in [3.63, 3.8) is 0 Å². The van der Waals surface area contributed by atoms with Crippen molar-refractivity contribution in [3.05, 3.63) is 29.1 Å². The maximum atomic E-state index is 14.0. The van der Waals surface area contributed by atoms with Gasteiger partial charge in [-0.05, 0) is 36.5 Å². The number of nitrogens with one attached hydrogen (secondary N) is 1. The van der Waals surface area contributed by atoms with Crippen LogP contribution in [-0.4, -0.2) is 22.1 Å². The van der Waals surface area contributed by atoms with Gasteiger partial charge >= 0.3 is 5.97 Å². The lowest BCUT2D eigenvalue weighted by Crippen LogP contribution is -2.20. The highest BCUT2D eigenvalue weighted by Crippen LogP contribution is 2.31. The van der Waals surface area contributed by atoms with Crippen molar-refractivity contribution in [2.45, 2.75) is 38.7 Å². The lowest BCUT2D eigenvalue weighted by molar-refractivity contribution is -0.138. The zero-order valence-electron chi connectivity index (χ0n) is 11.7. The first kappa shape index (κ1) is 15.4. The number of aryl methyl sites for hydroxylation is 1. The summed E-state index contributed by atoms with van der Waals surface area (Å²) in [4.78, 5) is 21.9. The number of fused-ring (bicyclic) bond motifs is 1. The third kappa shape index (κ3) is 3.78. The van der Waals surface area contributed by atoms with Crippen LogP contribution in [0.2, 0.25) is 0 Å². The molecule has 0 fully saturated rings. The molecule has 114 valence electrons. The van der Waals surface area contributed by atoms with Crippen molar-refractivity contribution >= 4 is 17.6 Å². The Balaban J connectivity index is 2.16. The summed E-state index contributed by atoms with van der Waals surface area (Å²) < 4.78 is 14.0. The number of rotatable bonds is 5. The first-order chi connectivity index (χ1) is 9.86. The van der Waals surface area contributed by atoms with Crippen LogP contribution in [0.1, 0.15) is 43.4 Å². The van der Waals surface area contributed by atoms with Crippen LogP contribution in [-0.2, 0) is 16.0 Å². The minimum atomic E-state index is -1.05. The molecule has 1 aromatic rings. The van der Waals surface area contributed by atoms with E-state index in [1.165, 1.54) is 6.07 Å². The molecule has 21 heavy (non-hydrogen) atoms. The van der Waals surface area contributed by atoms with E-state index in [0.717, 1.165) is 5.56 Å². The standard InChI is InChI=1S/C15H18FNO4/c1-8(5-15(20)21)4-13(18)10-6-9-2-3-14(19)17-12(9)7-11(10)16/h6-8,13,18H,2-5H2,1H3,(H,17,19)(H,20,21). The predicted octanol–water partition coefficient (Wildman–Crippen LogP) is 2.24. The molecule has 1 aliphatic heterocycles. The summed E-state index contributed by atoms with van der Waals surface area (Å²) in [5, 5.41) is 21.4. The van der Waals surface area contributed by atoms with Crippen molar-refractivity contribution in [2.75, 3.05) is 5.32 Å². The summed E-state index contributed by atoms with van der Waals surface area (Å²) in [6, 6.07) is 2.77. The molecule has 0 radical (unpaired) electrons. The summed E-state index contributed by atoms with van der Waals surface area (Å²) in [5.41, 5.74) is 1.39. The highest BCUT2D eigenvalue weighted by Gasteiger charge is 2.22. The van der Waals surface area contributed by atoms with Gasteiger partial charge in [-0.25, -0.2) is 4.39 Å². The van der Waals surface area contributed by atoms with Crippen LogP contribution in [0, 0.1) is 11.7 Å². The summed E-state index contributed by atoms with van der Waals surface area (Å²) in [7, 11) is 0. The van der Waals surface area contributed by atoms with Gasteiger partial charge in [0, 0.05) is 24.1 Å². The maximum absolute atomic E-state index is 14.0. The maximum Gasteiger partial charge on any atom is 0.303 e. The van der Waals surface area contributed by atoms with Gasteiger partial charge in [-0.1, -0.05) is 6.92 Å². The summed E-state index contributed by atoms with van der Waals surface area (Å²) in [6.45, 7) is 1.70. The monoisotopic (exact) mass is 295 g/mol. The number of carboxylic acid groups (broad SMARTS) is 1. The topological polar surface area (TPSA) is 86.6 Å². The Morgan fingerprint density at radius 2 is 2.14 bits per heavy atom. The van der Waals surface area contributed by atoms with Crippen molar-refractivity contribution in [1.82, 2.24) is 0 Å². The first-order valence-corrected chi connectivity index (χ1v) is 6.89.